The zero-order valence-corrected chi connectivity index (χ0v) is 12.8. The number of rotatable bonds is 5. The normalized spacial score (nSPS) is 19.6. The molecule has 0 aliphatic carbocycles. The predicted molar refractivity (Wildman–Crippen MR) is 79.3 cm³/mol. The van der Waals surface area contributed by atoms with Crippen LogP contribution in [0.3, 0.4) is 0 Å². The Balaban J connectivity index is 2.11. The highest BCUT2D eigenvalue weighted by molar-refractivity contribution is 7.89. The van der Waals surface area contributed by atoms with Gasteiger partial charge in [-0.2, -0.15) is 4.31 Å². The molecule has 116 valence electrons. The monoisotopic (exact) mass is 312 g/mol. The molecule has 0 bridgehead atoms. The molecule has 1 saturated heterocycles. The lowest BCUT2D eigenvalue weighted by molar-refractivity contribution is -0.114. The molecule has 1 aliphatic heterocycles. The molecule has 21 heavy (non-hydrogen) atoms. The van der Waals surface area contributed by atoms with Gasteiger partial charge in [0.1, 0.15) is 0 Å². The molecule has 0 radical (unpaired) electrons. The first-order valence-electron chi connectivity index (χ1n) is 6.92. The van der Waals surface area contributed by atoms with Crippen molar-refractivity contribution in [2.24, 2.45) is 5.92 Å². The van der Waals surface area contributed by atoms with Gasteiger partial charge in [-0.05, 0) is 43.0 Å². The van der Waals surface area contributed by atoms with Gasteiger partial charge in [0.05, 0.1) is 4.90 Å². The maximum Gasteiger partial charge on any atom is 0.243 e. The molecular weight excluding hydrogens is 292 g/mol. The maximum atomic E-state index is 12.5. The third-order valence-electron chi connectivity index (χ3n) is 3.60. The average molecular weight is 312 g/mol. The molecule has 1 unspecified atom stereocenters. The van der Waals surface area contributed by atoms with Gasteiger partial charge in [0.25, 0.3) is 0 Å². The second kappa shape index (κ2) is 6.55. The van der Waals surface area contributed by atoms with Crippen molar-refractivity contribution < 1.29 is 18.3 Å². The van der Waals surface area contributed by atoms with Gasteiger partial charge in [-0.3, -0.25) is 4.79 Å². The number of nitrogens with zero attached hydrogens (tertiary/aromatic N) is 1. The SMILES string of the molecule is CC(=O)Nc1ccc(S(=O)(=O)N2CCC(CCO)C2)cc1. The highest BCUT2D eigenvalue weighted by atomic mass is 32.2. The first kappa shape index (κ1) is 15.9. The highest BCUT2D eigenvalue weighted by Gasteiger charge is 2.32. The van der Waals surface area contributed by atoms with Crippen LogP contribution in [0.5, 0.6) is 0 Å². The number of anilines is 1. The first-order valence-corrected chi connectivity index (χ1v) is 8.36. The van der Waals surface area contributed by atoms with Crippen molar-refractivity contribution in [2.75, 3.05) is 25.0 Å². The van der Waals surface area contributed by atoms with Crippen molar-refractivity contribution in [3.63, 3.8) is 0 Å². The van der Waals surface area contributed by atoms with Crippen LogP contribution in [0.25, 0.3) is 0 Å². The zero-order chi connectivity index (χ0) is 15.5. The van der Waals surface area contributed by atoms with E-state index in [4.69, 9.17) is 5.11 Å². The smallest absolute Gasteiger partial charge is 0.243 e. The number of benzene rings is 1. The molecule has 0 aromatic heterocycles. The number of sulfonamides is 1. The van der Waals surface area contributed by atoms with Gasteiger partial charge >= 0.3 is 0 Å². The van der Waals surface area contributed by atoms with E-state index in [1.807, 2.05) is 0 Å². The van der Waals surface area contributed by atoms with Crippen LogP contribution in [0.15, 0.2) is 29.2 Å². The van der Waals surface area contributed by atoms with E-state index in [9.17, 15) is 13.2 Å². The van der Waals surface area contributed by atoms with Gasteiger partial charge < -0.3 is 10.4 Å². The summed E-state index contributed by atoms with van der Waals surface area (Å²) in [4.78, 5) is 11.2. The minimum atomic E-state index is -3.50. The number of carbonyl (C=O) groups excluding carboxylic acids is 1. The van der Waals surface area contributed by atoms with Gasteiger partial charge in [-0.15, -0.1) is 0 Å². The Kier molecular flexibility index (Phi) is 4.97. The molecule has 1 amide bonds. The fraction of sp³-hybridized carbons (Fsp3) is 0.500. The predicted octanol–water partition coefficient (Wildman–Crippen LogP) is 1.04. The fourth-order valence-corrected chi connectivity index (χ4v) is 4.03. The second-order valence-electron chi connectivity index (χ2n) is 5.24. The Morgan fingerprint density at radius 2 is 2.05 bits per heavy atom. The summed E-state index contributed by atoms with van der Waals surface area (Å²) in [5.41, 5.74) is 0.570. The molecule has 2 rings (SSSR count). The van der Waals surface area contributed by atoms with Crippen molar-refractivity contribution in [3.05, 3.63) is 24.3 Å². The van der Waals surface area contributed by atoms with E-state index >= 15 is 0 Å². The van der Waals surface area contributed by atoms with Crippen LogP contribution in [0.4, 0.5) is 5.69 Å². The van der Waals surface area contributed by atoms with Crippen LogP contribution >= 0.6 is 0 Å². The Morgan fingerprint density at radius 1 is 1.38 bits per heavy atom. The lowest BCUT2D eigenvalue weighted by Gasteiger charge is -2.16. The minimum absolute atomic E-state index is 0.0873. The number of aliphatic hydroxyl groups is 1. The largest absolute Gasteiger partial charge is 0.396 e. The van der Waals surface area contributed by atoms with E-state index < -0.39 is 10.0 Å². The van der Waals surface area contributed by atoms with Crippen LogP contribution in [0.1, 0.15) is 19.8 Å². The van der Waals surface area contributed by atoms with Gasteiger partial charge in [-0.25, -0.2) is 8.42 Å². The molecule has 7 heteroatoms. The van der Waals surface area contributed by atoms with Gasteiger partial charge in [0.15, 0.2) is 0 Å². The van der Waals surface area contributed by atoms with E-state index in [-0.39, 0.29) is 23.3 Å². The van der Waals surface area contributed by atoms with Crippen molar-refractivity contribution >= 4 is 21.6 Å². The highest BCUT2D eigenvalue weighted by Crippen LogP contribution is 2.26. The standard InChI is InChI=1S/C14H20N2O4S/c1-11(18)15-13-2-4-14(5-3-13)21(19,20)16-8-6-12(10-16)7-9-17/h2-5,12,17H,6-10H2,1H3,(H,15,18). The van der Waals surface area contributed by atoms with Crippen molar-refractivity contribution in [1.82, 2.24) is 4.31 Å². The van der Waals surface area contributed by atoms with Gasteiger partial charge in [-0.1, -0.05) is 0 Å². The molecular formula is C14H20N2O4S. The fourth-order valence-electron chi connectivity index (χ4n) is 2.50. The summed E-state index contributed by atoms with van der Waals surface area (Å²) in [5.74, 6) is 0.0282. The summed E-state index contributed by atoms with van der Waals surface area (Å²) < 4.78 is 26.4. The molecule has 2 N–H and O–H groups in total. The summed E-state index contributed by atoms with van der Waals surface area (Å²) >= 11 is 0. The topological polar surface area (TPSA) is 86.7 Å². The number of nitrogens with one attached hydrogen (secondary N) is 1. The Bertz CT molecular complexity index is 598. The summed E-state index contributed by atoms with van der Waals surface area (Å²) in [7, 11) is -3.50. The molecule has 1 atom stereocenters. The Morgan fingerprint density at radius 3 is 2.62 bits per heavy atom. The lowest BCUT2D eigenvalue weighted by Crippen LogP contribution is -2.29. The van der Waals surface area contributed by atoms with E-state index in [2.05, 4.69) is 5.32 Å². The molecule has 6 nitrogen and oxygen atoms in total. The number of carbonyl (C=O) groups is 1. The Hall–Kier alpha value is -1.44. The zero-order valence-electron chi connectivity index (χ0n) is 11.9. The van der Waals surface area contributed by atoms with Crippen molar-refractivity contribution in [2.45, 2.75) is 24.7 Å². The van der Waals surface area contributed by atoms with E-state index in [0.717, 1.165) is 6.42 Å². The number of hydrogen-bond donors (Lipinski definition) is 2. The molecule has 1 aromatic carbocycles. The average Bonchev–Trinajstić information content (AvgIpc) is 2.88. The molecule has 1 fully saturated rings. The quantitative estimate of drug-likeness (QED) is 0.850. The van der Waals surface area contributed by atoms with Crippen LogP contribution in [-0.4, -0.2) is 43.4 Å². The summed E-state index contributed by atoms with van der Waals surface area (Å²) in [6, 6.07) is 6.16. The molecule has 1 aliphatic rings. The second-order valence-corrected chi connectivity index (χ2v) is 7.17. The summed E-state index contributed by atoms with van der Waals surface area (Å²) in [6.45, 7) is 2.43. The van der Waals surface area contributed by atoms with Gasteiger partial charge in [0.2, 0.25) is 15.9 Å². The molecule has 1 aromatic rings. The summed E-state index contributed by atoms with van der Waals surface area (Å²) in [5, 5.41) is 11.5. The maximum absolute atomic E-state index is 12.5. The van der Waals surface area contributed by atoms with E-state index in [1.54, 1.807) is 12.1 Å². The van der Waals surface area contributed by atoms with Crippen LogP contribution in [0.2, 0.25) is 0 Å². The lowest BCUT2D eigenvalue weighted by atomic mass is 10.1. The van der Waals surface area contributed by atoms with Crippen molar-refractivity contribution in [3.8, 4) is 0 Å². The Labute approximate surface area is 124 Å². The van der Waals surface area contributed by atoms with Crippen LogP contribution in [-0.2, 0) is 14.8 Å². The third kappa shape index (κ3) is 3.81. The summed E-state index contributed by atoms with van der Waals surface area (Å²) in [6.07, 6.45) is 1.41. The van der Waals surface area contributed by atoms with E-state index in [1.165, 1.54) is 23.4 Å². The number of hydrogen-bond acceptors (Lipinski definition) is 4. The van der Waals surface area contributed by atoms with Crippen molar-refractivity contribution in [1.29, 1.82) is 0 Å². The molecule has 1 heterocycles. The van der Waals surface area contributed by atoms with Gasteiger partial charge in [0, 0.05) is 32.3 Å². The van der Waals surface area contributed by atoms with Crippen LogP contribution < -0.4 is 5.32 Å². The molecule has 0 saturated carbocycles. The third-order valence-corrected chi connectivity index (χ3v) is 5.48. The van der Waals surface area contributed by atoms with Crippen LogP contribution in [0, 0.1) is 5.92 Å². The number of amides is 1. The number of aliphatic hydroxyl groups excluding tert-OH is 1. The van der Waals surface area contributed by atoms with E-state index in [0.29, 0.717) is 25.2 Å². The first-order chi connectivity index (χ1) is 9.93. The minimum Gasteiger partial charge on any atom is -0.396 e. The molecule has 0 spiro atoms.